The third-order valence-corrected chi connectivity index (χ3v) is 18.0. The number of rotatable bonds is 24. The van der Waals surface area contributed by atoms with Crippen LogP contribution in [0.3, 0.4) is 0 Å². The van der Waals surface area contributed by atoms with Crippen molar-refractivity contribution in [1.82, 2.24) is 29.9 Å². The number of ether oxygens (including phenoxy) is 3. The number of hydrogen-bond donors (Lipinski definition) is 5. The Hall–Kier alpha value is -12.3. The molecule has 19 nitrogen and oxygen atoms in total. The number of H-pyrrole nitrogens is 3. The highest BCUT2D eigenvalue weighted by Gasteiger charge is 2.18. The molecule has 0 bridgehead atoms. The zero-order valence-electron chi connectivity index (χ0n) is 63.5. The molecule has 0 unspecified atom stereocenters. The summed E-state index contributed by atoms with van der Waals surface area (Å²) in [5.41, 5.74) is 18.7. The maximum atomic E-state index is 9.92. The van der Waals surface area contributed by atoms with Crippen molar-refractivity contribution in [3.05, 3.63) is 265 Å². The van der Waals surface area contributed by atoms with Gasteiger partial charge in [0.15, 0.2) is 0 Å². The molecule has 12 rings (SSSR count). The highest BCUT2D eigenvalue weighted by Crippen LogP contribution is 2.35. The molecule has 564 valence electrons. The lowest BCUT2D eigenvalue weighted by Gasteiger charge is -2.22. The Balaban J connectivity index is 0.000000197. The molecule has 0 aliphatic carbocycles. The standard InChI is InChI=1S/3C28H27ClN4O.2C2H4O2/c3*1-4-33(5-2)24-12-9-21(27(16-24)34-18-20-7-10-23(29)11-8-20)15-22(17-30)28-31-25-13-6-19(3)14-26(25)32-28;2*1-2(3)4/h3*6-16H,4-5,18H2,1-3H3,(H,31,32);2*1H3,(H,3,4)/b3*22-15+;;. The van der Waals surface area contributed by atoms with E-state index in [0.717, 1.165) is 153 Å². The highest BCUT2D eigenvalue weighted by atomic mass is 35.5. The Kier molecular flexibility index (Phi) is 31.2. The van der Waals surface area contributed by atoms with Gasteiger partial charge in [-0.15, -0.1) is 0 Å². The van der Waals surface area contributed by atoms with Crippen LogP contribution in [-0.2, 0) is 29.4 Å². The number of aromatic nitrogens is 6. The lowest BCUT2D eigenvalue weighted by Crippen LogP contribution is -2.21. The van der Waals surface area contributed by atoms with Crippen LogP contribution < -0.4 is 28.9 Å². The molecule has 110 heavy (non-hydrogen) atoms. The van der Waals surface area contributed by atoms with Gasteiger partial charge in [0.1, 0.15) is 72.8 Å². The van der Waals surface area contributed by atoms with Gasteiger partial charge in [-0.2, -0.15) is 15.8 Å². The van der Waals surface area contributed by atoms with Gasteiger partial charge in [-0.3, -0.25) is 9.59 Å². The lowest BCUT2D eigenvalue weighted by molar-refractivity contribution is -0.135. The molecule has 0 radical (unpaired) electrons. The highest BCUT2D eigenvalue weighted by molar-refractivity contribution is 6.31. The molecule has 0 atom stereocenters. The zero-order chi connectivity index (χ0) is 79.4. The number of allylic oxidation sites excluding steroid dienone is 3. The van der Waals surface area contributed by atoms with E-state index in [1.54, 1.807) is 0 Å². The number of carbonyl (C=O) groups is 2. The fourth-order valence-corrected chi connectivity index (χ4v) is 11.9. The average Bonchev–Trinajstić information content (AvgIpc) is 1.61. The van der Waals surface area contributed by atoms with Crippen molar-refractivity contribution in [2.24, 2.45) is 0 Å². The molecule has 0 aliphatic rings. The first-order valence-corrected chi connectivity index (χ1v) is 37.0. The van der Waals surface area contributed by atoms with Crippen molar-refractivity contribution in [2.75, 3.05) is 54.0 Å². The quantitative estimate of drug-likeness (QED) is 0.0352. The Morgan fingerprint density at radius 2 is 0.627 bits per heavy atom. The topological polar surface area (TPSA) is 269 Å². The number of nitrogens with one attached hydrogen (secondary N) is 3. The summed E-state index contributed by atoms with van der Waals surface area (Å²) in [5.74, 6) is 2.08. The minimum absolute atomic E-state index is 0.394. The Bertz CT molecular complexity index is 4820. The molecule has 3 heterocycles. The first-order valence-electron chi connectivity index (χ1n) is 35.9. The summed E-state index contributed by atoms with van der Waals surface area (Å²) < 4.78 is 18.7. The number of carboxylic acid groups (broad SMARTS) is 2. The SMILES string of the molecule is CC(=O)O.CC(=O)O.CCN(CC)c1ccc(/C=C(\C#N)c2nc3ccc(C)cc3[nH]2)c(OCc2ccc(Cl)cc2)c1.CCN(CC)c1ccc(/C=C(\C#N)c2nc3ccc(C)cc3[nH]2)c(OCc2ccc(Cl)cc2)c1.CCN(CC)c1ccc(/C=C(\C#N)c2nc3ccc(C)cc3[nH]2)c(OCc2ccc(Cl)cc2)c1. The van der Waals surface area contributed by atoms with Gasteiger partial charge < -0.3 is 54.1 Å². The van der Waals surface area contributed by atoms with E-state index >= 15 is 0 Å². The van der Waals surface area contributed by atoms with E-state index in [2.05, 4.69) is 123 Å². The normalized spacial score (nSPS) is 11.1. The van der Waals surface area contributed by atoms with Crippen molar-refractivity contribution in [3.8, 4) is 35.5 Å². The number of benzene rings is 9. The summed E-state index contributed by atoms with van der Waals surface area (Å²) in [6.07, 6.45) is 5.48. The van der Waals surface area contributed by atoms with Crippen LogP contribution in [-0.4, -0.2) is 91.3 Å². The molecule has 0 saturated heterocycles. The number of carboxylic acids is 2. The molecule has 9 aromatic carbocycles. The van der Waals surface area contributed by atoms with E-state index in [4.69, 9.17) is 68.8 Å². The number of imidazole rings is 3. The molecule has 0 aliphatic heterocycles. The lowest BCUT2D eigenvalue weighted by atomic mass is 10.1. The van der Waals surface area contributed by atoms with Crippen molar-refractivity contribution in [2.45, 2.75) is 96.0 Å². The smallest absolute Gasteiger partial charge is 0.300 e. The maximum Gasteiger partial charge on any atom is 0.300 e. The molecule has 5 N–H and O–H groups in total. The number of aryl methyl sites for hydroxylation is 3. The zero-order valence-corrected chi connectivity index (χ0v) is 65.8. The minimum atomic E-state index is -0.833. The largest absolute Gasteiger partial charge is 0.488 e. The van der Waals surface area contributed by atoms with Crippen molar-refractivity contribution < 1.29 is 34.0 Å². The van der Waals surface area contributed by atoms with Gasteiger partial charge in [-0.25, -0.2) is 15.0 Å². The summed E-state index contributed by atoms with van der Waals surface area (Å²) in [4.78, 5) is 48.5. The van der Waals surface area contributed by atoms with Crippen LogP contribution in [0.25, 0.3) is 68.0 Å². The molecule has 0 saturated carbocycles. The summed E-state index contributed by atoms with van der Waals surface area (Å²) in [5, 5.41) is 46.7. The molecule has 0 fully saturated rings. The van der Waals surface area contributed by atoms with Crippen LogP contribution in [0, 0.1) is 54.8 Å². The van der Waals surface area contributed by atoms with E-state index < -0.39 is 11.9 Å². The first kappa shape index (κ1) is 83.3. The molecular formula is C88H89Cl3N12O7. The Morgan fingerprint density at radius 1 is 0.391 bits per heavy atom. The molecule has 0 spiro atoms. The minimum Gasteiger partial charge on any atom is -0.488 e. The van der Waals surface area contributed by atoms with Crippen molar-refractivity contribution >= 4 is 132 Å². The summed E-state index contributed by atoms with van der Waals surface area (Å²) in [6, 6.07) is 65.9. The van der Waals surface area contributed by atoms with Crippen LogP contribution in [0.15, 0.2) is 182 Å². The fraction of sp³-hybridized carbons (Fsp3) is 0.227. The maximum absolute atomic E-state index is 9.92. The number of aliphatic carboxylic acids is 2. The number of fused-ring (bicyclic) bond motifs is 3. The van der Waals surface area contributed by atoms with Crippen LogP contribution in [0.1, 0.15) is 123 Å². The molecule has 0 amide bonds. The van der Waals surface area contributed by atoms with Crippen LogP contribution in [0.2, 0.25) is 15.1 Å². The Labute approximate surface area is 657 Å². The number of halogens is 3. The van der Waals surface area contributed by atoms with Crippen molar-refractivity contribution in [1.29, 1.82) is 15.8 Å². The van der Waals surface area contributed by atoms with Gasteiger partial charge >= 0.3 is 0 Å². The predicted octanol–water partition coefficient (Wildman–Crippen LogP) is 21.2. The van der Waals surface area contributed by atoms with Crippen molar-refractivity contribution in [3.63, 3.8) is 0 Å². The van der Waals surface area contributed by atoms with Gasteiger partial charge in [0, 0.05) is 120 Å². The van der Waals surface area contributed by atoms with E-state index in [0.29, 0.717) is 86.3 Å². The van der Waals surface area contributed by atoms with Gasteiger partial charge in [-0.05, 0) is 223 Å². The Morgan fingerprint density at radius 3 is 0.845 bits per heavy atom. The third kappa shape index (κ3) is 24.1. The van der Waals surface area contributed by atoms with E-state index in [1.165, 1.54) is 0 Å². The second kappa shape index (κ2) is 41.1. The second-order valence-corrected chi connectivity index (χ2v) is 26.6. The van der Waals surface area contributed by atoms with Crippen LogP contribution >= 0.6 is 34.8 Å². The molecular weight excluding hydrogens is 1440 g/mol. The van der Waals surface area contributed by atoms with Gasteiger partial charge in [0.25, 0.3) is 11.9 Å². The molecule has 12 aromatic rings. The van der Waals surface area contributed by atoms with Gasteiger partial charge in [-0.1, -0.05) is 89.4 Å². The number of anilines is 3. The third-order valence-electron chi connectivity index (χ3n) is 17.2. The number of aromatic amines is 3. The van der Waals surface area contributed by atoms with Gasteiger partial charge in [0.2, 0.25) is 0 Å². The first-order chi connectivity index (χ1) is 53.0. The summed E-state index contributed by atoms with van der Waals surface area (Å²) >= 11 is 18.1. The molecule has 22 heteroatoms. The van der Waals surface area contributed by atoms with E-state index in [1.807, 2.05) is 203 Å². The van der Waals surface area contributed by atoms with Gasteiger partial charge in [0.05, 0.1) is 49.8 Å². The summed E-state index contributed by atoms with van der Waals surface area (Å²) in [7, 11) is 0. The van der Waals surface area contributed by atoms with Crippen LogP contribution in [0.5, 0.6) is 17.2 Å². The number of nitriles is 3. The van der Waals surface area contributed by atoms with Crippen LogP contribution in [0.4, 0.5) is 17.1 Å². The number of hydrogen-bond acceptors (Lipinski definition) is 14. The average molecular weight is 1530 g/mol. The monoisotopic (exact) mass is 1530 g/mol. The number of nitrogens with zero attached hydrogens (tertiary/aromatic N) is 9. The predicted molar refractivity (Wildman–Crippen MR) is 447 cm³/mol. The van der Waals surface area contributed by atoms with E-state index in [-0.39, 0.29) is 0 Å². The summed E-state index contributed by atoms with van der Waals surface area (Å²) in [6.45, 7) is 27.6. The fourth-order valence-electron chi connectivity index (χ4n) is 11.6. The van der Waals surface area contributed by atoms with E-state index in [9.17, 15) is 15.8 Å². The molecule has 3 aromatic heterocycles. The second-order valence-electron chi connectivity index (χ2n) is 25.3.